The average Bonchev–Trinajstić information content (AvgIpc) is 2.62. The van der Waals surface area contributed by atoms with Gasteiger partial charge in [0.2, 0.25) is 0 Å². The van der Waals surface area contributed by atoms with Crippen molar-refractivity contribution in [2.75, 3.05) is 0 Å². The normalized spacial score (nSPS) is 29.1. The van der Waals surface area contributed by atoms with Gasteiger partial charge in [0, 0.05) is 19.8 Å². The Morgan fingerprint density at radius 3 is 2.32 bits per heavy atom. The van der Waals surface area contributed by atoms with Gasteiger partial charge in [0.1, 0.15) is 5.78 Å². The van der Waals surface area contributed by atoms with E-state index >= 15 is 0 Å². The van der Waals surface area contributed by atoms with Crippen LogP contribution in [0.3, 0.4) is 0 Å². The quantitative estimate of drug-likeness (QED) is 0.722. The van der Waals surface area contributed by atoms with Gasteiger partial charge >= 0.3 is 0 Å². The third-order valence-corrected chi connectivity index (χ3v) is 4.58. The van der Waals surface area contributed by atoms with Crippen molar-refractivity contribution >= 4 is 5.78 Å². The van der Waals surface area contributed by atoms with Crippen molar-refractivity contribution in [3.63, 3.8) is 0 Å². The Hall–Kier alpha value is -1.51. The van der Waals surface area contributed by atoms with Crippen LogP contribution in [-0.2, 0) is 4.79 Å². The highest BCUT2D eigenvalue weighted by atomic mass is 16.7. The lowest BCUT2D eigenvalue weighted by Crippen LogP contribution is -2.51. The summed E-state index contributed by atoms with van der Waals surface area (Å²) in [5.74, 6) is 1.15. The molecule has 2 aliphatic rings. The summed E-state index contributed by atoms with van der Waals surface area (Å²) in [5, 5.41) is 0. The molecule has 3 nitrogen and oxygen atoms in total. The molecule has 0 radical (unpaired) electrons. The van der Waals surface area contributed by atoms with Crippen LogP contribution in [0, 0.1) is 5.41 Å². The Morgan fingerprint density at radius 2 is 1.68 bits per heavy atom. The zero-order valence-corrected chi connectivity index (χ0v) is 11.6. The third-order valence-electron chi connectivity index (χ3n) is 4.58. The van der Waals surface area contributed by atoms with Crippen LogP contribution < -0.4 is 9.47 Å². The molecule has 0 spiro atoms. The number of benzene rings is 1. The Kier molecular flexibility index (Phi) is 2.80. The predicted octanol–water partition coefficient (Wildman–Crippen LogP) is 3.71. The second kappa shape index (κ2) is 4.26. The van der Waals surface area contributed by atoms with Crippen LogP contribution in [0.5, 0.6) is 11.5 Å². The van der Waals surface area contributed by atoms with E-state index in [0.717, 1.165) is 30.8 Å². The maximum absolute atomic E-state index is 12.0. The first kappa shape index (κ1) is 12.5. The largest absolute Gasteiger partial charge is 0.448 e. The summed E-state index contributed by atoms with van der Waals surface area (Å²) >= 11 is 0. The second-order valence-electron chi connectivity index (χ2n) is 6.08. The van der Waals surface area contributed by atoms with E-state index in [4.69, 9.17) is 9.47 Å². The van der Waals surface area contributed by atoms with Crippen LogP contribution in [0.15, 0.2) is 24.3 Å². The number of para-hydroxylation sites is 2. The number of carbonyl (C=O) groups is 1. The summed E-state index contributed by atoms with van der Waals surface area (Å²) in [6, 6.07) is 7.72. The molecule has 1 aromatic rings. The first-order chi connectivity index (χ1) is 9.02. The van der Waals surface area contributed by atoms with Gasteiger partial charge in [0.15, 0.2) is 11.5 Å². The Balaban J connectivity index is 1.91. The van der Waals surface area contributed by atoms with Crippen molar-refractivity contribution in [3.8, 4) is 11.5 Å². The maximum Gasteiger partial charge on any atom is 0.254 e. The fourth-order valence-electron chi connectivity index (χ4n) is 3.14. The second-order valence-corrected chi connectivity index (χ2v) is 6.08. The Bertz CT molecular complexity index is 483. The molecular formula is C16H20O3. The number of Topliss-reactive ketones (excluding diaryl/α,β-unsaturated/α-hetero) is 1. The lowest BCUT2D eigenvalue weighted by molar-refractivity contribution is -0.166. The van der Waals surface area contributed by atoms with Gasteiger partial charge in [-0.3, -0.25) is 4.79 Å². The molecule has 1 aromatic carbocycles. The smallest absolute Gasteiger partial charge is 0.254 e. The molecule has 1 atom stereocenters. The van der Waals surface area contributed by atoms with Gasteiger partial charge in [-0.2, -0.15) is 0 Å². The SMILES string of the molecule is CC1([C@]2(C)CCCCC(=O)C2)Oc2ccccc2O1. The first-order valence-corrected chi connectivity index (χ1v) is 7.01. The van der Waals surface area contributed by atoms with Gasteiger partial charge in [-0.25, -0.2) is 0 Å². The zero-order chi connectivity index (χ0) is 13.5. The Morgan fingerprint density at radius 1 is 1.05 bits per heavy atom. The Labute approximate surface area is 113 Å². The standard InChI is InChI=1S/C16H20O3/c1-15(10-6-5-7-12(17)11-15)16(2)18-13-8-3-4-9-14(13)19-16/h3-4,8-9H,5-7,10-11H2,1-2H3/t15-/m1/s1. The van der Waals surface area contributed by atoms with E-state index in [9.17, 15) is 4.79 Å². The molecule has 3 heteroatoms. The number of carbonyl (C=O) groups excluding carboxylic acids is 1. The van der Waals surface area contributed by atoms with E-state index < -0.39 is 5.79 Å². The highest BCUT2D eigenvalue weighted by Crippen LogP contribution is 2.51. The van der Waals surface area contributed by atoms with Gasteiger partial charge in [-0.05, 0) is 25.0 Å². The van der Waals surface area contributed by atoms with Gasteiger partial charge in [-0.15, -0.1) is 0 Å². The van der Waals surface area contributed by atoms with E-state index in [2.05, 4.69) is 6.92 Å². The molecule has 0 unspecified atom stereocenters. The van der Waals surface area contributed by atoms with Crippen LogP contribution in [0.25, 0.3) is 0 Å². The van der Waals surface area contributed by atoms with E-state index in [1.165, 1.54) is 0 Å². The highest BCUT2D eigenvalue weighted by Gasteiger charge is 2.53. The van der Waals surface area contributed by atoms with Crippen LogP contribution in [0.2, 0.25) is 0 Å². The molecule has 0 bridgehead atoms. The van der Waals surface area contributed by atoms with Gasteiger partial charge < -0.3 is 9.47 Å². The molecule has 1 aliphatic heterocycles. The number of ketones is 1. The lowest BCUT2D eigenvalue weighted by atomic mass is 9.75. The highest BCUT2D eigenvalue weighted by molar-refractivity contribution is 5.79. The minimum Gasteiger partial charge on any atom is -0.448 e. The molecule has 1 saturated carbocycles. The number of hydrogen-bond acceptors (Lipinski definition) is 3. The third kappa shape index (κ3) is 2.01. The fourth-order valence-corrected chi connectivity index (χ4v) is 3.14. The summed E-state index contributed by atoms with van der Waals surface area (Å²) in [7, 11) is 0. The van der Waals surface area contributed by atoms with Gasteiger partial charge in [0.25, 0.3) is 5.79 Å². The average molecular weight is 260 g/mol. The molecule has 1 heterocycles. The van der Waals surface area contributed by atoms with Gasteiger partial charge in [0.05, 0.1) is 5.41 Å². The topological polar surface area (TPSA) is 35.5 Å². The van der Waals surface area contributed by atoms with Crippen molar-refractivity contribution in [2.24, 2.45) is 5.41 Å². The molecule has 0 aromatic heterocycles. The molecule has 0 amide bonds. The summed E-state index contributed by atoms with van der Waals surface area (Å²) < 4.78 is 12.1. The number of hydrogen-bond donors (Lipinski definition) is 0. The van der Waals surface area contributed by atoms with Crippen LogP contribution >= 0.6 is 0 Å². The monoisotopic (exact) mass is 260 g/mol. The summed E-state index contributed by atoms with van der Waals surface area (Å²) in [6.45, 7) is 4.08. The number of fused-ring (bicyclic) bond motifs is 1. The summed E-state index contributed by atoms with van der Waals surface area (Å²) in [4.78, 5) is 12.0. The molecular weight excluding hydrogens is 240 g/mol. The first-order valence-electron chi connectivity index (χ1n) is 7.01. The van der Waals surface area contributed by atoms with Crippen LogP contribution in [-0.4, -0.2) is 11.6 Å². The summed E-state index contributed by atoms with van der Waals surface area (Å²) in [5.41, 5.74) is -0.264. The van der Waals surface area contributed by atoms with E-state index in [0.29, 0.717) is 18.6 Å². The fraction of sp³-hybridized carbons (Fsp3) is 0.562. The van der Waals surface area contributed by atoms with E-state index in [-0.39, 0.29) is 5.41 Å². The van der Waals surface area contributed by atoms with Crippen molar-refractivity contribution in [2.45, 2.75) is 51.7 Å². The molecule has 0 N–H and O–H groups in total. The number of ether oxygens (including phenoxy) is 2. The minimum atomic E-state index is -0.739. The molecule has 0 saturated heterocycles. The number of rotatable bonds is 1. The van der Waals surface area contributed by atoms with Crippen LogP contribution in [0.4, 0.5) is 0 Å². The molecule has 1 aliphatic carbocycles. The zero-order valence-electron chi connectivity index (χ0n) is 11.6. The summed E-state index contributed by atoms with van der Waals surface area (Å²) in [6.07, 6.45) is 4.23. The van der Waals surface area contributed by atoms with Gasteiger partial charge in [-0.1, -0.05) is 25.5 Å². The van der Waals surface area contributed by atoms with Crippen molar-refractivity contribution < 1.29 is 14.3 Å². The maximum atomic E-state index is 12.0. The molecule has 3 rings (SSSR count). The van der Waals surface area contributed by atoms with Crippen LogP contribution in [0.1, 0.15) is 46.0 Å². The predicted molar refractivity (Wildman–Crippen MR) is 72.3 cm³/mol. The molecule has 19 heavy (non-hydrogen) atoms. The van der Waals surface area contributed by atoms with Crippen molar-refractivity contribution in [3.05, 3.63) is 24.3 Å². The van der Waals surface area contributed by atoms with Crippen molar-refractivity contribution in [1.29, 1.82) is 0 Å². The van der Waals surface area contributed by atoms with E-state index in [1.54, 1.807) is 0 Å². The lowest BCUT2D eigenvalue weighted by Gasteiger charge is -2.40. The minimum absolute atomic E-state index is 0.264. The van der Waals surface area contributed by atoms with Crippen molar-refractivity contribution in [1.82, 2.24) is 0 Å². The molecule has 102 valence electrons. The molecule has 1 fully saturated rings. The van der Waals surface area contributed by atoms with E-state index in [1.807, 2.05) is 31.2 Å².